The first-order valence-electron chi connectivity index (χ1n) is 11.2. The molecule has 174 valence electrons. The minimum atomic E-state index is -0.422. The van der Waals surface area contributed by atoms with E-state index in [0.717, 1.165) is 30.6 Å². The van der Waals surface area contributed by atoms with Gasteiger partial charge in [-0.05, 0) is 49.1 Å². The summed E-state index contributed by atoms with van der Waals surface area (Å²) in [5.74, 6) is 1.32. The monoisotopic (exact) mass is 461 g/mol. The lowest BCUT2D eigenvalue weighted by Gasteiger charge is -2.32. The van der Waals surface area contributed by atoms with Crippen LogP contribution in [0, 0.1) is 5.82 Å². The van der Waals surface area contributed by atoms with Crippen molar-refractivity contribution in [2.75, 3.05) is 13.7 Å². The number of oxazole rings is 1. The highest BCUT2D eigenvalue weighted by Crippen LogP contribution is 2.33. The number of ether oxygens (including phenoxy) is 1. The lowest BCUT2D eigenvalue weighted by molar-refractivity contribution is 0.0528. The second-order valence-corrected chi connectivity index (χ2v) is 8.26. The highest BCUT2D eigenvalue weighted by atomic mass is 19.1. The van der Waals surface area contributed by atoms with Gasteiger partial charge in [0.1, 0.15) is 29.1 Å². The number of rotatable bonds is 6. The maximum Gasteiger partial charge on any atom is 0.293 e. The Kier molecular flexibility index (Phi) is 6.12. The molecule has 1 amide bonds. The van der Waals surface area contributed by atoms with Gasteiger partial charge in [0, 0.05) is 24.6 Å². The summed E-state index contributed by atoms with van der Waals surface area (Å²) in [5, 5.41) is 3.91. The first-order valence-corrected chi connectivity index (χ1v) is 11.2. The van der Waals surface area contributed by atoms with E-state index in [-0.39, 0.29) is 29.0 Å². The molecule has 0 radical (unpaired) electrons. The molecule has 0 bridgehead atoms. The molecule has 1 atom stereocenters. The molecule has 3 heterocycles. The van der Waals surface area contributed by atoms with Gasteiger partial charge in [-0.15, -0.1) is 0 Å². The molecule has 7 nitrogen and oxygen atoms in total. The van der Waals surface area contributed by atoms with Crippen LogP contribution in [0.1, 0.15) is 53.1 Å². The van der Waals surface area contributed by atoms with Gasteiger partial charge in [0.15, 0.2) is 0 Å². The van der Waals surface area contributed by atoms with Gasteiger partial charge < -0.3 is 18.6 Å². The second-order valence-electron chi connectivity index (χ2n) is 8.26. The number of aromatic nitrogens is 2. The van der Waals surface area contributed by atoms with Crippen LogP contribution in [-0.4, -0.2) is 34.6 Å². The van der Waals surface area contributed by atoms with Crippen molar-refractivity contribution in [2.45, 2.75) is 31.7 Å². The fraction of sp³-hybridized carbons (Fsp3) is 0.269. The third kappa shape index (κ3) is 4.44. The zero-order valence-corrected chi connectivity index (χ0v) is 18.7. The molecule has 0 saturated carbocycles. The number of halogens is 1. The quantitative estimate of drug-likeness (QED) is 0.381. The maximum atomic E-state index is 14.1. The highest BCUT2D eigenvalue weighted by molar-refractivity contribution is 5.92. The van der Waals surface area contributed by atoms with Crippen molar-refractivity contribution in [3.8, 4) is 17.0 Å². The smallest absolute Gasteiger partial charge is 0.293 e. The molecule has 8 heteroatoms. The topological polar surface area (TPSA) is 81.6 Å². The van der Waals surface area contributed by atoms with Crippen LogP contribution in [-0.2, 0) is 6.42 Å². The third-order valence-electron chi connectivity index (χ3n) is 6.00. The Morgan fingerprint density at radius 2 is 2.06 bits per heavy atom. The molecule has 1 aliphatic heterocycles. The summed E-state index contributed by atoms with van der Waals surface area (Å²) in [6.07, 6.45) is 4.84. The van der Waals surface area contributed by atoms with E-state index in [1.807, 2.05) is 24.3 Å². The van der Waals surface area contributed by atoms with Gasteiger partial charge in [0.2, 0.25) is 11.7 Å². The fourth-order valence-corrected chi connectivity index (χ4v) is 4.29. The Hall–Kier alpha value is -3.94. The van der Waals surface area contributed by atoms with Crippen molar-refractivity contribution < 1.29 is 22.9 Å². The van der Waals surface area contributed by atoms with Gasteiger partial charge in [-0.3, -0.25) is 4.79 Å². The van der Waals surface area contributed by atoms with E-state index in [1.165, 1.54) is 12.1 Å². The zero-order valence-electron chi connectivity index (χ0n) is 18.7. The molecule has 2 aromatic heterocycles. The molecule has 0 aliphatic carbocycles. The summed E-state index contributed by atoms with van der Waals surface area (Å²) in [4.78, 5) is 19.5. The molecule has 2 aromatic carbocycles. The number of amides is 1. The number of benzene rings is 2. The van der Waals surface area contributed by atoms with Crippen molar-refractivity contribution >= 4 is 5.91 Å². The van der Waals surface area contributed by atoms with Gasteiger partial charge in [-0.2, -0.15) is 0 Å². The Labute approximate surface area is 196 Å². The minimum Gasteiger partial charge on any atom is -0.497 e. The molecule has 1 unspecified atom stereocenters. The molecule has 1 aliphatic rings. The number of piperidine rings is 1. The summed E-state index contributed by atoms with van der Waals surface area (Å²) in [6.45, 7) is 0.548. The number of nitrogens with zero attached hydrogens (tertiary/aromatic N) is 3. The normalized spacial score (nSPS) is 15.9. The maximum absolute atomic E-state index is 14.1. The molecule has 34 heavy (non-hydrogen) atoms. The van der Waals surface area contributed by atoms with E-state index in [1.54, 1.807) is 36.4 Å². The van der Waals surface area contributed by atoms with Crippen LogP contribution < -0.4 is 4.74 Å². The number of likely N-dealkylation sites (tertiary alicyclic amines) is 1. The standard InChI is InChI=1S/C26H24FN3O4/c1-32-18-8-6-7-17(13-18)14-19-16-28-25(33-19)23-11-4-5-12-30(23)26(31)24-15-22(29-34-24)20-9-2-3-10-21(20)27/h2-3,6-10,13,15-16,23H,4-5,11-12,14H2,1H3. The summed E-state index contributed by atoms with van der Waals surface area (Å²) in [6, 6.07) is 15.2. The molecule has 0 N–H and O–H groups in total. The van der Waals surface area contributed by atoms with Crippen LogP contribution in [0.25, 0.3) is 11.3 Å². The van der Waals surface area contributed by atoms with Crippen molar-refractivity contribution in [3.05, 3.63) is 89.6 Å². The Morgan fingerprint density at radius 1 is 1.18 bits per heavy atom. The van der Waals surface area contributed by atoms with Crippen molar-refractivity contribution in [3.63, 3.8) is 0 Å². The Balaban J connectivity index is 1.35. The minimum absolute atomic E-state index is 0.0633. The number of hydrogen-bond donors (Lipinski definition) is 0. The number of methoxy groups -OCH3 is 1. The van der Waals surface area contributed by atoms with Crippen LogP contribution in [0.4, 0.5) is 4.39 Å². The van der Waals surface area contributed by atoms with Gasteiger partial charge in [0.05, 0.1) is 13.3 Å². The predicted octanol–water partition coefficient (Wildman–Crippen LogP) is 5.44. The average Bonchev–Trinajstić information content (AvgIpc) is 3.54. The lowest BCUT2D eigenvalue weighted by Crippen LogP contribution is -2.38. The van der Waals surface area contributed by atoms with Gasteiger partial charge in [0.25, 0.3) is 5.91 Å². The summed E-state index contributed by atoms with van der Waals surface area (Å²) >= 11 is 0. The second kappa shape index (κ2) is 9.51. The molecule has 0 spiro atoms. The lowest BCUT2D eigenvalue weighted by atomic mass is 10.0. The fourth-order valence-electron chi connectivity index (χ4n) is 4.29. The number of hydrogen-bond acceptors (Lipinski definition) is 6. The van der Waals surface area contributed by atoms with Crippen LogP contribution in [0.3, 0.4) is 0 Å². The van der Waals surface area contributed by atoms with Crippen LogP contribution >= 0.6 is 0 Å². The van der Waals surface area contributed by atoms with Gasteiger partial charge in [-0.1, -0.05) is 29.4 Å². The van der Waals surface area contributed by atoms with E-state index in [0.29, 0.717) is 24.6 Å². The van der Waals surface area contributed by atoms with Crippen LogP contribution in [0.5, 0.6) is 5.75 Å². The highest BCUT2D eigenvalue weighted by Gasteiger charge is 2.34. The summed E-state index contributed by atoms with van der Waals surface area (Å²) in [5.41, 5.74) is 1.61. The van der Waals surface area contributed by atoms with E-state index in [2.05, 4.69) is 10.1 Å². The van der Waals surface area contributed by atoms with Crippen molar-refractivity contribution in [2.24, 2.45) is 0 Å². The van der Waals surface area contributed by atoms with E-state index < -0.39 is 5.82 Å². The Morgan fingerprint density at radius 3 is 2.91 bits per heavy atom. The Bertz CT molecular complexity index is 1300. The van der Waals surface area contributed by atoms with Gasteiger partial charge in [-0.25, -0.2) is 9.37 Å². The van der Waals surface area contributed by atoms with E-state index >= 15 is 0 Å². The molecular weight excluding hydrogens is 437 g/mol. The van der Waals surface area contributed by atoms with Crippen molar-refractivity contribution in [1.82, 2.24) is 15.0 Å². The summed E-state index contributed by atoms with van der Waals surface area (Å²) < 4.78 is 30.8. The predicted molar refractivity (Wildman–Crippen MR) is 122 cm³/mol. The third-order valence-corrected chi connectivity index (χ3v) is 6.00. The van der Waals surface area contributed by atoms with Crippen LogP contribution in [0.15, 0.2) is 69.7 Å². The molecule has 5 rings (SSSR count). The first kappa shape index (κ1) is 21.9. The van der Waals surface area contributed by atoms with Crippen molar-refractivity contribution in [1.29, 1.82) is 0 Å². The molecule has 1 fully saturated rings. The first-order chi connectivity index (χ1) is 16.6. The number of carbonyl (C=O) groups excluding carboxylic acids is 1. The zero-order chi connectivity index (χ0) is 23.5. The van der Waals surface area contributed by atoms with Gasteiger partial charge >= 0.3 is 0 Å². The molecule has 4 aromatic rings. The van der Waals surface area contributed by atoms with E-state index in [9.17, 15) is 9.18 Å². The summed E-state index contributed by atoms with van der Waals surface area (Å²) in [7, 11) is 1.63. The molecule has 1 saturated heterocycles. The SMILES string of the molecule is COc1cccc(Cc2cnc(C3CCCCN3C(=O)c3cc(-c4ccccc4F)no3)o2)c1. The molecular formula is C26H24FN3O4. The largest absolute Gasteiger partial charge is 0.497 e. The van der Waals surface area contributed by atoms with E-state index in [4.69, 9.17) is 13.7 Å². The van der Waals surface area contributed by atoms with Crippen LogP contribution in [0.2, 0.25) is 0 Å². The number of carbonyl (C=O) groups is 1. The average molecular weight is 461 g/mol.